The fourth-order valence-corrected chi connectivity index (χ4v) is 1.60. The van der Waals surface area contributed by atoms with Gasteiger partial charge < -0.3 is 9.47 Å². The summed E-state index contributed by atoms with van der Waals surface area (Å²) in [7, 11) is 2.95. The summed E-state index contributed by atoms with van der Waals surface area (Å²) >= 11 is 0. The lowest BCUT2D eigenvalue weighted by Crippen LogP contribution is -1.95. The largest absolute Gasteiger partial charge is 0.493 e. The minimum atomic E-state index is -0.589. The van der Waals surface area contributed by atoms with Crippen LogP contribution in [0.1, 0.15) is 10.4 Å². The van der Waals surface area contributed by atoms with Gasteiger partial charge in [-0.3, -0.25) is 19.6 Å². The lowest BCUT2D eigenvalue weighted by Gasteiger charge is -2.08. The summed E-state index contributed by atoms with van der Waals surface area (Å²) in [6.07, 6.45) is 1.90. The predicted octanol–water partition coefficient (Wildman–Crippen LogP) is 1.94. The Balaban J connectivity index is 2.39. The number of rotatable bonds is 5. The highest BCUT2D eigenvalue weighted by Crippen LogP contribution is 2.35. The molecule has 8 nitrogen and oxygen atoms in total. The van der Waals surface area contributed by atoms with Gasteiger partial charge in [-0.15, -0.1) is 5.10 Å². The van der Waals surface area contributed by atoms with Crippen LogP contribution >= 0.6 is 0 Å². The Kier molecular flexibility index (Phi) is 3.65. The molecule has 0 radical (unpaired) electrons. The highest BCUT2D eigenvalue weighted by Gasteiger charge is 2.22. The van der Waals surface area contributed by atoms with E-state index in [9.17, 15) is 14.9 Å². The highest BCUT2D eigenvalue weighted by molar-refractivity contribution is 5.76. The van der Waals surface area contributed by atoms with Crippen LogP contribution in [0.25, 0.3) is 0 Å². The van der Waals surface area contributed by atoms with Gasteiger partial charge in [-0.2, -0.15) is 0 Å². The van der Waals surface area contributed by atoms with E-state index in [0.717, 1.165) is 0 Å². The number of hydrogen-bond acceptors (Lipinski definition) is 6. The van der Waals surface area contributed by atoms with Crippen LogP contribution < -0.4 is 9.47 Å². The fraction of sp³-hybridized carbons (Fsp3) is 0.167. The number of carbonyl (C=O) groups is 1. The summed E-state index contributed by atoms with van der Waals surface area (Å²) in [6.45, 7) is 0. The first-order valence-corrected chi connectivity index (χ1v) is 5.54. The van der Waals surface area contributed by atoms with E-state index in [0.29, 0.717) is 11.8 Å². The van der Waals surface area contributed by atoms with Crippen molar-refractivity contribution in [1.82, 2.24) is 9.78 Å². The second-order valence-corrected chi connectivity index (χ2v) is 3.88. The van der Waals surface area contributed by atoms with Crippen molar-refractivity contribution in [3.63, 3.8) is 0 Å². The SMILES string of the molecule is COc1cc(C=O)ccc1Oc1nn(C)cc1[N+](=O)[O-]. The summed E-state index contributed by atoms with van der Waals surface area (Å²) in [5.74, 6) is 0.379. The first kappa shape index (κ1) is 13.5. The molecular formula is C12H11N3O5. The molecule has 1 aromatic carbocycles. The summed E-state index contributed by atoms with van der Waals surface area (Å²) in [5, 5.41) is 14.7. The molecule has 0 saturated carbocycles. The van der Waals surface area contributed by atoms with Gasteiger partial charge in [0.25, 0.3) is 0 Å². The molecular weight excluding hydrogens is 266 g/mol. The molecule has 0 N–H and O–H groups in total. The molecule has 0 aliphatic carbocycles. The molecule has 0 amide bonds. The van der Waals surface area contributed by atoms with E-state index in [1.165, 1.54) is 36.2 Å². The molecule has 0 fully saturated rings. The first-order valence-electron chi connectivity index (χ1n) is 5.54. The van der Waals surface area contributed by atoms with Crippen LogP contribution in [-0.4, -0.2) is 28.1 Å². The molecule has 0 spiro atoms. The fourth-order valence-electron chi connectivity index (χ4n) is 1.60. The van der Waals surface area contributed by atoms with Gasteiger partial charge in [0.1, 0.15) is 12.5 Å². The lowest BCUT2D eigenvalue weighted by atomic mass is 10.2. The van der Waals surface area contributed by atoms with E-state index < -0.39 is 4.92 Å². The Morgan fingerprint density at radius 3 is 2.75 bits per heavy atom. The number of carbonyl (C=O) groups excluding carboxylic acids is 1. The van der Waals surface area contributed by atoms with Gasteiger partial charge in [0, 0.05) is 12.6 Å². The number of nitrogens with zero attached hydrogens (tertiary/aromatic N) is 3. The maximum atomic E-state index is 10.9. The van der Waals surface area contributed by atoms with Crippen molar-refractivity contribution >= 4 is 12.0 Å². The topological polar surface area (TPSA) is 96.5 Å². The Hall–Kier alpha value is -2.90. The van der Waals surface area contributed by atoms with Crippen LogP contribution in [0.2, 0.25) is 0 Å². The first-order chi connectivity index (χ1) is 9.55. The predicted molar refractivity (Wildman–Crippen MR) is 68.3 cm³/mol. The van der Waals surface area contributed by atoms with Crippen LogP contribution in [0.15, 0.2) is 24.4 Å². The van der Waals surface area contributed by atoms with Gasteiger partial charge >= 0.3 is 11.6 Å². The number of aryl methyl sites for hydroxylation is 1. The van der Waals surface area contributed by atoms with Gasteiger partial charge in [-0.05, 0) is 18.2 Å². The van der Waals surface area contributed by atoms with Crippen LogP contribution in [0.3, 0.4) is 0 Å². The zero-order valence-electron chi connectivity index (χ0n) is 10.8. The summed E-state index contributed by atoms with van der Waals surface area (Å²) in [6, 6.07) is 4.47. The highest BCUT2D eigenvalue weighted by atomic mass is 16.6. The molecule has 1 heterocycles. The third-order valence-corrected chi connectivity index (χ3v) is 2.50. The summed E-state index contributed by atoms with van der Waals surface area (Å²) in [5.41, 5.74) is 0.152. The van der Waals surface area contributed by atoms with E-state index in [2.05, 4.69) is 5.10 Å². The molecule has 0 unspecified atom stereocenters. The van der Waals surface area contributed by atoms with Crippen LogP contribution in [-0.2, 0) is 7.05 Å². The normalized spacial score (nSPS) is 10.1. The zero-order valence-corrected chi connectivity index (χ0v) is 10.8. The Morgan fingerprint density at radius 1 is 1.40 bits per heavy atom. The molecule has 2 aromatic rings. The standard InChI is InChI=1S/C12H11N3O5/c1-14-6-9(15(17)18)12(13-14)20-10-4-3-8(7-16)5-11(10)19-2/h3-7H,1-2H3. The Labute approximate surface area is 113 Å². The lowest BCUT2D eigenvalue weighted by molar-refractivity contribution is -0.385. The maximum absolute atomic E-state index is 10.9. The van der Waals surface area contributed by atoms with Crippen molar-refractivity contribution in [3.05, 3.63) is 40.1 Å². The van der Waals surface area contributed by atoms with Gasteiger partial charge in [-0.1, -0.05) is 0 Å². The molecule has 0 saturated heterocycles. The van der Waals surface area contributed by atoms with Crippen molar-refractivity contribution in [2.45, 2.75) is 0 Å². The quantitative estimate of drug-likeness (QED) is 0.470. The van der Waals surface area contributed by atoms with Crippen molar-refractivity contribution in [1.29, 1.82) is 0 Å². The Morgan fingerprint density at radius 2 is 2.15 bits per heavy atom. The van der Waals surface area contributed by atoms with E-state index in [1.54, 1.807) is 7.05 Å². The molecule has 0 bridgehead atoms. The van der Waals surface area contributed by atoms with Crippen LogP contribution in [0.5, 0.6) is 17.4 Å². The number of methoxy groups -OCH3 is 1. The number of ether oxygens (including phenoxy) is 2. The summed E-state index contributed by atoms with van der Waals surface area (Å²) in [4.78, 5) is 21.0. The van der Waals surface area contributed by atoms with E-state index in [-0.39, 0.29) is 23.1 Å². The van der Waals surface area contributed by atoms with Gasteiger partial charge in [-0.25, -0.2) is 0 Å². The number of benzene rings is 1. The van der Waals surface area contributed by atoms with Crippen molar-refractivity contribution in [2.75, 3.05) is 7.11 Å². The minimum absolute atomic E-state index is 0.144. The molecule has 1 aromatic heterocycles. The van der Waals surface area contributed by atoms with Gasteiger partial charge in [0.05, 0.1) is 12.0 Å². The molecule has 20 heavy (non-hydrogen) atoms. The molecule has 0 atom stereocenters. The maximum Gasteiger partial charge on any atom is 0.350 e. The van der Waals surface area contributed by atoms with Crippen molar-refractivity contribution in [2.24, 2.45) is 7.05 Å². The zero-order chi connectivity index (χ0) is 14.7. The molecule has 104 valence electrons. The average molecular weight is 277 g/mol. The number of aromatic nitrogens is 2. The monoisotopic (exact) mass is 277 g/mol. The molecule has 0 aliphatic rings. The Bertz CT molecular complexity index is 665. The van der Waals surface area contributed by atoms with Crippen LogP contribution in [0.4, 0.5) is 5.69 Å². The average Bonchev–Trinajstić information content (AvgIpc) is 2.80. The number of nitro groups is 1. The molecule has 0 aliphatic heterocycles. The van der Waals surface area contributed by atoms with Gasteiger partial charge in [0.15, 0.2) is 11.5 Å². The van der Waals surface area contributed by atoms with E-state index in [4.69, 9.17) is 9.47 Å². The van der Waals surface area contributed by atoms with E-state index >= 15 is 0 Å². The third kappa shape index (κ3) is 2.58. The second kappa shape index (κ2) is 5.39. The van der Waals surface area contributed by atoms with E-state index in [1.807, 2.05) is 0 Å². The van der Waals surface area contributed by atoms with Gasteiger partial charge in [0.2, 0.25) is 0 Å². The second-order valence-electron chi connectivity index (χ2n) is 3.88. The molecule has 2 rings (SSSR count). The number of aldehydes is 1. The molecule has 8 heteroatoms. The van der Waals surface area contributed by atoms with Crippen molar-refractivity contribution < 1.29 is 19.2 Å². The van der Waals surface area contributed by atoms with Crippen LogP contribution in [0, 0.1) is 10.1 Å². The smallest absolute Gasteiger partial charge is 0.350 e. The minimum Gasteiger partial charge on any atom is -0.493 e. The third-order valence-electron chi connectivity index (χ3n) is 2.50. The van der Waals surface area contributed by atoms with Crippen molar-refractivity contribution in [3.8, 4) is 17.4 Å². The number of hydrogen-bond donors (Lipinski definition) is 0. The summed E-state index contributed by atoms with van der Waals surface area (Å²) < 4.78 is 11.8.